The van der Waals surface area contributed by atoms with E-state index < -0.39 is 0 Å². The molecule has 6 heterocycles. The Kier molecular flexibility index (Phi) is 6.22. The molecule has 0 unspecified atom stereocenters. The summed E-state index contributed by atoms with van der Waals surface area (Å²) in [6.07, 6.45) is 5.82. The maximum Gasteiger partial charge on any atom is 2.00 e. The molecule has 7 heteroatoms. The molecular formula is C41H27N5OPt. The Morgan fingerprint density at radius 1 is 0.688 bits per heavy atom. The van der Waals surface area contributed by atoms with Crippen LogP contribution in [0.5, 0.6) is 11.5 Å². The van der Waals surface area contributed by atoms with Gasteiger partial charge in [0.2, 0.25) is 0 Å². The summed E-state index contributed by atoms with van der Waals surface area (Å²) in [4.78, 5) is 14.7. The van der Waals surface area contributed by atoms with E-state index in [1.807, 2.05) is 48.8 Å². The average Bonchev–Trinajstić information content (AvgIpc) is 3.78. The molecule has 48 heavy (non-hydrogen) atoms. The average molecular weight is 801 g/mol. The quantitative estimate of drug-likeness (QED) is 0.132. The van der Waals surface area contributed by atoms with Gasteiger partial charge in [0.1, 0.15) is 5.65 Å². The fourth-order valence-corrected chi connectivity index (χ4v) is 7.27. The maximum atomic E-state index is 6.52. The maximum absolute atomic E-state index is 6.52. The van der Waals surface area contributed by atoms with Gasteiger partial charge < -0.3 is 13.5 Å². The number of rotatable bonds is 3. The van der Waals surface area contributed by atoms with E-state index in [0.717, 1.165) is 55.3 Å². The van der Waals surface area contributed by atoms with Gasteiger partial charge in [0, 0.05) is 51.9 Å². The first-order valence-electron chi connectivity index (χ1n) is 15.8. The molecule has 0 bridgehead atoms. The van der Waals surface area contributed by atoms with E-state index in [2.05, 4.69) is 102 Å². The van der Waals surface area contributed by atoms with E-state index in [9.17, 15) is 0 Å². The van der Waals surface area contributed by atoms with Crippen molar-refractivity contribution in [1.82, 2.24) is 23.8 Å². The molecular weight excluding hydrogens is 774 g/mol. The molecule has 0 aliphatic carbocycles. The SMILES string of the molecule is CC(C)(C)c1ccnc2c1c1cccc3c4ccc(Oc5[c-]c6c(cc5)c5ncccc5n5cc(-c7ccccc7)nc65)[c-]c4n2c31.[Pt+2]. The monoisotopic (exact) mass is 800 g/mol. The molecule has 0 spiro atoms. The fourth-order valence-electron chi connectivity index (χ4n) is 7.27. The first-order valence-corrected chi connectivity index (χ1v) is 15.8. The zero-order valence-corrected chi connectivity index (χ0v) is 28.6. The number of hydrogen-bond donors (Lipinski definition) is 0. The Morgan fingerprint density at radius 3 is 2.31 bits per heavy atom. The molecule has 0 amide bonds. The number of pyridine rings is 3. The molecule has 0 saturated carbocycles. The number of para-hydroxylation sites is 1. The van der Waals surface area contributed by atoms with Crippen molar-refractivity contribution < 1.29 is 25.8 Å². The van der Waals surface area contributed by atoms with Crippen molar-refractivity contribution in [2.45, 2.75) is 26.2 Å². The summed E-state index contributed by atoms with van der Waals surface area (Å²) in [5, 5.41) is 6.54. The van der Waals surface area contributed by atoms with Crippen molar-refractivity contribution in [3.63, 3.8) is 0 Å². The smallest absolute Gasteiger partial charge is 0.503 e. The van der Waals surface area contributed by atoms with Crippen LogP contribution in [0.2, 0.25) is 0 Å². The van der Waals surface area contributed by atoms with E-state index in [0.29, 0.717) is 11.5 Å². The van der Waals surface area contributed by atoms with Crippen molar-refractivity contribution in [2.75, 3.05) is 0 Å². The second kappa shape index (κ2) is 10.3. The number of ether oxygens (including phenoxy) is 1. The van der Waals surface area contributed by atoms with Crippen LogP contribution in [0.3, 0.4) is 0 Å². The van der Waals surface area contributed by atoms with Gasteiger partial charge in [0.05, 0.1) is 22.4 Å². The predicted octanol–water partition coefficient (Wildman–Crippen LogP) is 9.94. The first kappa shape index (κ1) is 28.9. The minimum Gasteiger partial charge on any atom is -0.503 e. The first-order chi connectivity index (χ1) is 22.9. The van der Waals surface area contributed by atoms with Crippen molar-refractivity contribution in [3.05, 3.63) is 127 Å². The third-order valence-electron chi connectivity index (χ3n) is 9.33. The Hall–Kier alpha value is -5.32. The predicted molar refractivity (Wildman–Crippen MR) is 189 cm³/mol. The van der Waals surface area contributed by atoms with E-state index in [-0.39, 0.29) is 26.5 Å². The standard InChI is InChI=1S/C41H27N5O.Pt/c1-41(2,3)32-18-20-43-40-36(32)30-12-7-11-29-27-16-14-26(22-35(27)46(40)38(29)30)47-25-15-17-28-31(21-25)39-44-33(24-9-5-4-6-10-24)23-45(39)34-13-8-19-42-37(28)34;/h4-20,23H,1-3H3;/q-2;+2. The van der Waals surface area contributed by atoms with E-state index in [1.54, 1.807) is 0 Å². The summed E-state index contributed by atoms with van der Waals surface area (Å²) >= 11 is 0. The third kappa shape index (κ3) is 4.05. The minimum absolute atomic E-state index is 0. The van der Waals surface area contributed by atoms with Gasteiger partial charge in [0.15, 0.2) is 0 Å². The Bertz CT molecular complexity index is 2860. The van der Waals surface area contributed by atoms with Crippen LogP contribution in [0.4, 0.5) is 0 Å². The molecule has 10 aromatic rings. The van der Waals surface area contributed by atoms with Crippen LogP contribution >= 0.6 is 0 Å². The van der Waals surface area contributed by atoms with Crippen molar-refractivity contribution in [2.24, 2.45) is 0 Å². The van der Waals surface area contributed by atoms with Crippen LogP contribution in [0.1, 0.15) is 26.3 Å². The van der Waals surface area contributed by atoms with Gasteiger partial charge in [-0.15, -0.1) is 23.6 Å². The van der Waals surface area contributed by atoms with Gasteiger partial charge in [-0.05, 0) is 34.6 Å². The summed E-state index contributed by atoms with van der Waals surface area (Å²) in [5.41, 5.74) is 8.95. The van der Waals surface area contributed by atoms with Gasteiger partial charge in [-0.25, -0.2) is 4.98 Å². The van der Waals surface area contributed by atoms with Crippen LogP contribution in [-0.2, 0) is 26.5 Å². The molecule has 0 aliphatic rings. The molecule has 232 valence electrons. The minimum atomic E-state index is -0.0259. The molecule has 0 aliphatic heterocycles. The number of aromatic nitrogens is 5. The summed E-state index contributed by atoms with van der Waals surface area (Å²) < 4.78 is 10.9. The van der Waals surface area contributed by atoms with Crippen LogP contribution in [0.15, 0.2) is 110 Å². The number of nitrogens with zero attached hydrogens (tertiary/aromatic N) is 5. The van der Waals surface area contributed by atoms with Crippen LogP contribution < -0.4 is 4.74 Å². The Morgan fingerprint density at radius 2 is 1.48 bits per heavy atom. The summed E-state index contributed by atoms with van der Waals surface area (Å²) in [7, 11) is 0. The van der Waals surface area contributed by atoms with E-state index in [1.165, 1.54) is 27.2 Å². The van der Waals surface area contributed by atoms with Gasteiger partial charge in [0.25, 0.3) is 0 Å². The van der Waals surface area contributed by atoms with Crippen LogP contribution in [0, 0.1) is 12.1 Å². The number of imidazole rings is 1. The molecule has 6 nitrogen and oxygen atoms in total. The zero-order valence-electron chi connectivity index (χ0n) is 26.4. The normalized spacial score (nSPS) is 12.3. The van der Waals surface area contributed by atoms with E-state index >= 15 is 0 Å². The van der Waals surface area contributed by atoms with Crippen LogP contribution in [-0.4, -0.2) is 23.8 Å². The van der Waals surface area contributed by atoms with Crippen molar-refractivity contribution in [3.8, 4) is 22.8 Å². The fraction of sp³-hybridized carbons (Fsp3) is 0.0976. The number of hydrogen-bond acceptors (Lipinski definition) is 4. The summed E-state index contributed by atoms with van der Waals surface area (Å²) in [6.45, 7) is 6.77. The number of fused-ring (bicyclic) bond motifs is 12. The topological polar surface area (TPSA) is 56.7 Å². The molecule has 0 atom stereocenters. The largest absolute Gasteiger partial charge is 2.00 e. The van der Waals surface area contributed by atoms with E-state index in [4.69, 9.17) is 19.7 Å². The second-order valence-electron chi connectivity index (χ2n) is 13.2. The third-order valence-corrected chi connectivity index (χ3v) is 9.33. The molecule has 0 fully saturated rings. The summed E-state index contributed by atoms with van der Waals surface area (Å²) in [5.74, 6) is 1.19. The van der Waals surface area contributed by atoms with Crippen LogP contribution in [0.25, 0.3) is 76.9 Å². The molecule has 0 radical (unpaired) electrons. The van der Waals surface area contributed by atoms with Gasteiger partial charge >= 0.3 is 21.1 Å². The molecule has 10 rings (SSSR count). The van der Waals surface area contributed by atoms with Crippen molar-refractivity contribution in [1.29, 1.82) is 0 Å². The summed E-state index contributed by atoms with van der Waals surface area (Å²) in [6, 6.07) is 38.2. The second-order valence-corrected chi connectivity index (χ2v) is 13.2. The van der Waals surface area contributed by atoms with Gasteiger partial charge in [-0.2, -0.15) is 6.07 Å². The molecule has 0 saturated heterocycles. The number of benzene rings is 4. The van der Waals surface area contributed by atoms with Crippen molar-refractivity contribution >= 4 is 65.7 Å². The molecule has 4 aromatic carbocycles. The molecule has 0 N–H and O–H groups in total. The van der Waals surface area contributed by atoms with Gasteiger partial charge in [-0.1, -0.05) is 97.7 Å². The molecule has 6 aromatic heterocycles. The van der Waals surface area contributed by atoms with Gasteiger partial charge in [-0.3, -0.25) is 9.97 Å². The Balaban J connectivity index is 0.00000314. The Labute approximate surface area is 290 Å². The zero-order chi connectivity index (χ0) is 31.4.